The van der Waals surface area contributed by atoms with Crippen LogP contribution in [0.15, 0.2) is 12.4 Å². The third-order valence-electron chi connectivity index (χ3n) is 2.09. The first-order valence-corrected chi connectivity index (χ1v) is 4.98. The molecule has 1 aromatic heterocycles. The Morgan fingerprint density at radius 1 is 1.64 bits per heavy atom. The normalized spacial score (nSPS) is 10.1. The molecule has 0 atom stereocenters. The monoisotopic (exact) mass is 195 g/mol. The second kappa shape index (κ2) is 5.42. The van der Waals surface area contributed by atoms with Crippen LogP contribution in [0.2, 0.25) is 0 Å². The SMILES string of the molecule is CCCCNC(=O)Cn1ccnc1C. The van der Waals surface area contributed by atoms with Crippen LogP contribution in [-0.4, -0.2) is 22.0 Å². The van der Waals surface area contributed by atoms with Crippen LogP contribution < -0.4 is 5.32 Å². The second-order valence-electron chi connectivity index (χ2n) is 3.31. The third-order valence-corrected chi connectivity index (χ3v) is 2.09. The van der Waals surface area contributed by atoms with Crippen molar-refractivity contribution in [1.82, 2.24) is 14.9 Å². The van der Waals surface area contributed by atoms with Gasteiger partial charge in [-0.3, -0.25) is 4.79 Å². The van der Waals surface area contributed by atoms with Gasteiger partial charge in [-0.05, 0) is 13.3 Å². The van der Waals surface area contributed by atoms with Crippen LogP contribution in [-0.2, 0) is 11.3 Å². The van der Waals surface area contributed by atoms with Crippen LogP contribution in [0.25, 0.3) is 0 Å². The van der Waals surface area contributed by atoms with Crippen LogP contribution in [0, 0.1) is 6.92 Å². The van der Waals surface area contributed by atoms with Crippen LogP contribution in [0.1, 0.15) is 25.6 Å². The van der Waals surface area contributed by atoms with E-state index in [4.69, 9.17) is 0 Å². The minimum absolute atomic E-state index is 0.0551. The highest BCUT2D eigenvalue weighted by atomic mass is 16.1. The van der Waals surface area contributed by atoms with E-state index < -0.39 is 0 Å². The Bertz CT molecular complexity index is 293. The number of carbonyl (C=O) groups excluding carboxylic acids is 1. The molecular weight excluding hydrogens is 178 g/mol. The van der Waals surface area contributed by atoms with Crippen molar-refractivity contribution >= 4 is 5.91 Å². The Morgan fingerprint density at radius 3 is 3.00 bits per heavy atom. The average molecular weight is 195 g/mol. The summed E-state index contributed by atoms with van der Waals surface area (Å²) >= 11 is 0. The summed E-state index contributed by atoms with van der Waals surface area (Å²) in [6.07, 6.45) is 5.66. The smallest absolute Gasteiger partial charge is 0.239 e. The van der Waals surface area contributed by atoms with Crippen molar-refractivity contribution in [3.8, 4) is 0 Å². The Labute approximate surface area is 84.3 Å². The van der Waals surface area contributed by atoms with E-state index in [1.165, 1.54) is 0 Å². The molecule has 1 N–H and O–H groups in total. The van der Waals surface area contributed by atoms with Gasteiger partial charge in [-0.25, -0.2) is 4.98 Å². The molecule has 0 fully saturated rings. The first kappa shape index (κ1) is 10.8. The highest BCUT2D eigenvalue weighted by molar-refractivity contribution is 5.75. The van der Waals surface area contributed by atoms with Crippen LogP contribution in [0.3, 0.4) is 0 Å². The van der Waals surface area contributed by atoms with Gasteiger partial charge >= 0.3 is 0 Å². The summed E-state index contributed by atoms with van der Waals surface area (Å²) in [6.45, 7) is 5.13. The Balaban J connectivity index is 2.31. The van der Waals surface area contributed by atoms with E-state index in [0.717, 1.165) is 25.2 Å². The molecule has 1 rings (SSSR count). The Morgan fingerprint density at radius 2 is 2.43 bits per heavy atom. The predicted molar refractivity (Wildman–Crippen MR) is 54.9 cm³/mol. The highest BCUT2D eigenvalue weighted by Gasteiger charge is 2.03. The summed E-state index contributed by atoms with van der Waals surface area (Å²) < 4.78 is 1.83. The molecule has 0 aliphatic carbocycles. The topological polar surface area (TPSA) is 46.9 Å². The standard InChI is InChI=1S/C10H17N3O/c1-3-4-5-12-10(14)8-13-7-6-11-9(13)2/h6-7H,3-5,8H2,1-2H3,(H,12,14). The van der Waals surface area contributed by atoms with E-state index >= 15 is 0 Å². The zero-order valence-electron chi connectivity index (χ0n) is 8.79. The van der Waals surface area contributed by atoms with Crippen LogP contribution >= 0.6 is 0 Å². The zero-order chi connectivity index (χ0) is 10.4. The minimum Gasteiger partial charge on any atom is -0.355 e. The van der Waals surface area contributed by atoms with Gasteiger partial charge in [0, 0.05) is 18.9 Å². The number of unbranched alkanes of at least 4 members (excludes halogenated alkanes) is 1. The summed E-state index contributed by atoms with van der Waals surface area (Å²) in [4.78, 5) is 15.4. The van der Waals surface area contributed by atoms with Crippen molar-refractivity contribution in [2.24, 2.45) is 0 Å². The zero-order valence-corrected chi connectivity index (χ0v) is 8.79. The van der Waals surface area contributed by atoms with Gasteiger partial charge in [0.1, 0.15) is 12.4 Å². The van der Waals surface area contributed by atoms with Gasteiger partial charge in [0.15, 0.2) is 0 Å². The van der Waals surface area contributed by atoms with E-state index in [9.17, 15) is 4.79 Å². The third kappa shape index (κ3) is 3.20. The molecule has 0 bridgehead atoms. The lowest BCUT2D eigenvalue weighted by Gasteiger charge is -2.05. The van der Waals surface area contributed by atoms with E-state index in [0.29, 0.717) is 6.54 Å². The molecule has 0 aliphatic heterocycles. The molecule has 0 unspecified atom stereocenters. The van der Waals surface area contributed by atoms with Gasteiger partial charge in [0.25, 0.3) is 0 Å². The molecule has 1 heterocycles. The van der Waals surface area contributed by atoms with Crippen molar-refractivity contribution in [2.45, 2.75) is 33.2 Å². The van der Waals surface area contributed by atoms with Gasteiger partial charge < -0.3 is 9.88 Å². The quantitative estimate of drug-likeness (QED) is 0.715. The number of nitrogens with zero attached hydrogens (tertiary/aromatic N) is 2. The first-order chi connectivity index (χ1) is 6.74. The molecule has 14 heavy (non-hydrogen) atoms. The lowest BCUT2D eigenvalue weighted by atomic mass is 10.3. The lowest BCUT2D eigenvalue weighted by Crippen LogP contribution is -2.28. The fourth-order valence-corrected chi connectivity index (χ4v) is 1.19. The number of nitrogens with one attached hydrogen (secondary N) is 1. The maximum atomic E-state index is 11.4. The number of aryl methyl sites for hydroxylation is 1. The number of aromatic nitrogens is 2. The summed E-state index contributed by atoms with van der Waals surface area (Å²) in [7, 11) is 0. The van der Waals surface area contributed by atoms with Crippen molar-refractivity contribution in [2.75, 3.05) is 6.54 Å². The predicted octanol–water partition coefficient (Wildman–Crippen LogP) is 1.11. The van der Waals surface area contributed by atoms with Crippen molar-refractivity contribution in [1.29, 1.82) is 0 Å². The molecule has 0 spiro atoms. The summed E-state index contributed by atoms with van der Waals surface area (Å²) in [5, 5.41) is 2.86. The molecule has 0 aromatic carbocycles. The van der Waals surface area contributed by atoms with Crippen molar-refractivity contribution in [3.05, 3.63) is 18.2 Å². The van der Waals surface area contributed by atoms with Crippen LogP contribution in [0.4, 0.5) is 0 Å². The highest BCUT2D eigenvalue weighted by Crippen LogP contribution is 1.94. The van der Waals surface area contributed by atoms with Crippen molar-refractivity contribution < 1.29 is 4.79 Å². The molecule has 0 aliphatic rings. The Kier molecular flexibility index (Phi) is 4.16. The van der Waals surface area contributed by atoms with Gasteiger partial charge in [-0.2, -0.15) is 0 Å². The maximum Gasteiger partial charge on any atom is 0.239 e. The molecule has 1 aromatic rings. The van der Waals surface area contributed by atoms with E-state index in [1.54, 1.807) is 6.20 Å². The van der Waals surface area contributed by atoms with E-state index in [2.05, 4.69) is 17.2 Å². The fraction of sp³-hybridized carbons (Fsp3) is 0.600. The number of hydrogen-bond donors (Lipinski definition) is 1. The summed E-state index contributed by atoms with van der Waals surface area (Å²) in [5.41, 5.74) is 0. The average Bonchev–Trinajstić information content (AvgIpc) is 2.52. The number of carbonyl (C=O) groups is 1. The van der Waals surface area contributed by atoms with Gasteiger partial charge in [0.05, 0.1) is 0 Å². The van der Waals surface area contributed by atoms with Gasteiger partial charge in [-0.1, -0.05) is 13.3 Å². The number of rotatable bonds is 5. The molecule has 0 saturated carbocycles. The summed E-state index contributed by atoms with van der Waals surface area (Å²) in [6, 6.07) is 0. The molecule has 78 valence electrons. The first-order valence-electron chi connectivity index (χ1n) is 4.98. The molecule has 0 saturated heterocycles. The van der Waals surface area contributed by atoms with E-state index in [-0.39, 0.29) is 5.91 Å². The Hall–Kier alpha value is -1.32. The van der Waals surface area contributed by atoms with E-state index in [1.807, 2.05) is 17.7 Å². The lowest BCUT2D eigenvalue weighted by molar-refractivity contribution is -0.121. The molecule has 1 amide bonds. The van der Waals surface area contributed by atoms with Gasteiger partial charge in [0.2, 0.25) is 5.91 Å². The molecular formula is C10H17N3O. The van der Waals surface area contributed by atoms with Gasteiger partial charge in [-0.15, -0.1) is 0 Å². The second-order valence-corrected chi connectivity index (χ2v) is 3.31. The number of amides is 1. The number of imidazole rings is 1. The molecule has 0 radical (unpaired) electrons. The van der Waals surface area contributed by atoms with Crippen LogP contribution in [0.5, 0.6) is 0 Å². The minimum atomic E-state index is 0.0551. The largest absolute Gasteiger partial charge is 0.355 e. The molecule has 4 nitrogen and oxygen atoms in total. The number of hydrogen-bond acceptors (Lipinski definition) is 2. The molecule has 4 heteroatoms. The fourth-order valence-electron chi connectivity index (χ4n) is 1.19. The van der Waals surface area contributed by atoms with Crippen molar-refractivity contribution in [3.63, 3.8) is 0 Å². The summed E-state index contributed by atoms with van der Waals surface area (Å²) in [5.74, 6) is 0.926. The maximum absolute atomic E-state index is 11.4.